The highest BCUT2D eigenvalue weighted by Gasteiger charge is 2.36. The van der Waals surface area contributed by atoms with Crippen LogP contribution >= 0.6 is 0 Å². The zero-order valence-electron chi connectivity index (χ0n) is 19.4. The molecule has 0 aliphatic carbocycles. The molecule has 1 aromatic rings. The Bertz CT molecular complexity index is 687. The Kier molecular flexibility index (Phi) is 12.5. The number of unbranched alkanes of at least 4 members (excludes halogenated alkanes) is 9. The van der Waals surface area contributed by atoms with E-state index in [-0.39, 0.29) is 12.0 Å². The summed E-state index contributed by atoms with van der Waals surface area (Å²) in [5.41, 5.74) is -0.376. The fourth-order valence-electron chi connectivity index (χ4n) is 4.02. The van der Waals surface area contributed by atoms with Crippen LogP contribution in [0, 0.1) is 11.6 Å². The van der Waals surface area contributed by atoms with E-state index < -0.39 is 30.0 Å². The summed E-state index contributed by atoms with van der Waals surface area (Å²) in [7, 11) is 0. The van der Waals surface area contributed by atoms with Gasteiger partial charge in [-0.1, -0.05) is 77.2 Å². The third kappa shape index (κ3) is 10.7. The maximum Gasteiger partial charge on any atom is 0.318 e. The Morgan fingerprint density at radius 3 is 1.94 bits per heavy atom. The Morgan fingerprint density at radius 1 is 0.812 bits per heavy atom. The van der Waals surface area contributed by atoms with Gasteiger partial charge in [0.05, 0.1) is 18.6 Å². The molecule has 2 rings (SSSR count). The van der Waals surface area contributed by atoms with E-state index >= 15 is 0 Å². The summed E-state index contributed by atoms with van der Waals surface area (Å²) < 4.78 is 37.5. The molecule has 0 spiro atoms. The molecule has 180 valence electrons. The molecule has 0 radical (unpaired) electrons. The monoisotopic (exact) mass is 452 g/mol. The second kappa shape index (κ2) is 15.1. The van der Waals surface area contributed by atoms with E-state index in [1.54, 1.807) is 0 Å². The molecule has 2 unspecified atom stereocenters. The molecule has 2 atom stereocenters. The van der Waals surface area contributed by atoms with Crippen molar-refractivity contribution in [1.82, 2.24) is 0 Å². The Labute approximate surface area is 191 Å². The number of ether oxygens (including phenoxy) is 2. The van der Waals surface area contributed by atoms with E-state index in [1.165, 1.54) is 51.0 Å². The number of hydrogen-bond acceptors (Lipinski definition) is 4. The summed E-state index contributed by atoms with van der Waals surface area (Å²) in [4.78, 5) is 23.5. The molecule has 6 heteroatoms. The molecule has 4 nitrogen and oxygen atoms in total. The first kappa shape index (κ1) is 26.4. The second-order valence-electron chi connectivity index (χ2n) is 8.80. The van der Waals surface area contributed by atoms with Crippen molar-refractivity contribution in [3.8, 4) is 0 Å². The van der Waals surface area contributed by atoms with Gasteiger partial charge in [-0.25, -0.2) is 8.78 Å². The van der Waals surface area contributed by atoms with Crippen LogP contribution in [0.25, 0.3) is 0 Å². The van der Waals surface area contributed by atoms with Gasteiger partial charge in [0.15, 0.2) is 0 Å². The topological polar surface area (TPSA) is 55.9 Å². The molecule has 0 bridgehead atoms. The minimum Gasteiger partial charge on any atom is -0.393 e. The maximum atomic E-state index is 13.5. The number of rotatable bonds is 17. The number of epoxide rings is 1. The van der Waals surface area contributed by atoms with Crippen LogP contribution in [0.15, 0.2) is 18.2 Å². The summed E-state index contributed by atoms with van der Waals surface area (Å²) >= 11 is 0. The van der Waals surface area contributed by atoms with Crippen LogP contribution in [0.2, 0.25) is 0 Å². The maximum absolute atomic E-state index is 13.5. The first-order valence-corrected chi connectivity index (χ1v) is 12.3. The molecule has 1 heterocycles. The van der Waals surface area contributed by atoms with Crippen molar-refractivity contribution in [1.29, 1.82) is 0 Å². The summed E-state index contributed by atoms with van der Waals surface area (Å²) in [6.45, 7) is 2.24. The SMILES string of the molecule is CCCCCCCCC1OC1CCCCCCCC(=O)OC(=O)Cc1c(F)cccc1F. The minimum absolute atomic E-state index is 0.136. The van der Waals surface area contributed by atoms with Crippen LogP contribution in [0.4, 0.5) is 8.78 Å². The molecule has 1 aliphatic heterocycles. The number of benzene rings is 1. The lowest BCUT2D eigenvalue weighted by Gasteiger charge is -2.05. The predicted molar refractivity (Wildman–Crippen MR) is 120 cm³/mol. The highest BCUT2D eigenvalue weighted by atomic mass is 19.1. The quantitative estimate of drug-likeness (QED) is 0.113. The molecule has 0 N–H and O–H groups in total. The fourth-order valence-corrected chi connectivity index (χ4v) is 4.02. The van der Waals surface area contributed by atoms with E-state index in [2.05, 4.69) is 11.7 Å². The normalized spacial score (nSPS) is 17.3. The van der Waals surface area contributed by atoms with Crippen molar-refractivity contribution in [3.05, 3.63) is 35.4 Å². The molecule has 32 heavy (non-hydrogen) atoms. The van der Waals surface area contributed by atoms with E-state index in [0.29, 0.717) is 18.6 Å². The second-order valence-corrected chi connectivity index (χ2v) is 8.80. The van der Waals surface area contributed by atoms with Gasteiger partial charge in [-0.15, -0.1) is 0 Å². The van der Waals surface area contributed by atoms with E-state index in [4.69, 9.17) is 4.74 Å². The zero-order chi connectivity index (χ0) is 23.2. The summed E-state index contributed by atoms with van der Waals surface area (Å²) in [6, 6.07) is 3.36. The van der Waals surface area contributed by atoms with Crippen LogP contribution in [-0.2, 0) is 25.5 Å². The summed E-state index contributed by atoms with van der Waals surface area (Å²) in [6.07, 6.45) is 15.5. The molecular weight excluding hydrogens is 414 g/mol. The minimum atomic E-state index is -0.932. The van der Waals surface area contributed by atoms with Crippen molar-refractivity contribution in [2.24, 2.45) is 0 Å². The first-order valence-electron chi connectivity index (χ1n) is 12.3. The highest BCUT2D eigenvalue weighted by Crippen LogP contribution is 2.31. The van der Waals surface area contributed by atoms with Crippen molar-refractivity contribution in [2.45, 2.75) is 115 Å². The standard InChI is InChI=1S/C26H38F2O4/c1-2-3-4-5-7-10-16-23-24(31-23)17-11-8-6-9-12-18-25(29)32-26(30)19-20-21(27)14-13-15-22(20)28/h13-15,23-24H,2-12,16-19H2,1H3. The predicted octanol–water partition coefficient (Wildman–Crippen LogP) is 6.83. The van der Waals surface area contributed by atoms with Gasteiger partial charge in [-0.2, -0.15) is 0 Å². The van der Waals surface area contributed by atoms with Gasteiger partial charge in [0.25, 0.3) is 0 Å². The highest BCUT2D eigenvalue weighted by molar-refractivity contribution is 5.86. The van der Waals surface area contributed by atoms with E-state index in [9.17, 15) is 18.4 Å². The van der Waals surface area contributed by atoms with Gasteiger partial charge in [-0.3, -0.25) is 9.59 Å². The lowest BCUT2D eigenvalue weighted by atomic mass is 10.0. The van der Waals surface area contributed by atoms with E-state index in [1.807, 2.05) is 0 Å². The van der Waals surface area contributed by atoms with Crippen molar-refractivity contribution < 1.29 is 27.8 Å². The number of esters is 2. The van der Waals surface area contributed by atoms with Crippen LogP contribution in [0.5, 0.6) is 0 Å². The smallest absolute Gasteiger partial charge is 0.318 e. The van der Waals surface area contributed by atoms with Gasteiger partial charge < -0.3 is 9.47 Å². The van der Waals surface area contributed by atoms with Crippen LogP contribution in [0.3, 0.4) is 0 Å². The molecule has 0 saturated carbocycles. The third-order valence-corrected chi connectivity index (χ3v) is 6.01. The first-order chi connectivity index (χ1) is 15.5. The molecule has 1 saturated heterocycles. The number of hydrogen-bond donors (Lipinski definition) is 0. The Balaban J connectivity index is 1.41. The Morgan fingerprint density at radius 2 is 1.34 bits per heavy atom. The molecule has 1 aromatic carbocycles. The molecule has 1 aliphatic rings. The van der Waals surface area contributed by atoms with Crippen molar-refractivity contribution in [3.63, 3.8) is 0 Å². The average molecular weight is 453 g/mol. The summed E-state index contributed by atoms with van der Waals surface area (Å²) in [5.74, 6) is -3.21. The van der Waals surface area contributed by atoms with Gasteiger partial charge >= 0.3 is 11.9 Å². The Hall–Kier alpha value is -1.82. The average Bonchev–Trinajstić information content (AvgIpc) is 3.50. The fraction of sp³-hybridized carbons (Fsp3) is 0.692. The van der Waals surface area contributed by atoms with Crippen LogP contribution in [-0.4, -0.2) is 24.1 Å². The van der Waals surface area contributed by atoms with Crippen molar-refractivity contribution >= 4 is 11.9 Å². The van der Waals surface area contributed by atoms with Gasteiger partial charge in [-0.05, 0) is 31.4 Å². The zero-order valence-corrected chi connectivity index (χ0v) is 19.4. The molecule has 1 fully saturated rings. The summed E-state index contributed by atoms with van der Waals surface area (Å²) in [5, 5.41) is 0. The van der Waals surface area contributed by atoms with Gasteiger partial charge in [0.1, 0.15) is 11.6 Å². The van der Waals surface area contributed by atoms with Crippen LogP contribution in [0.1, 0.15) is 102 Å². The number of carbonyl (C=O) groups excluding carboxylic acids is 2. The third-order valence-electron chi connectivity index (χ3n) is 6.01. The molecular formula is C26H38F2O4. The number of halogens is 2. The lowest BCUT2D eigenvalue weighted by Crippen LogP contribution is -2.15. The lowest BCUT2D eigenvalue weighted by molar-refractivity contribution is -0.159. The van der Waals surface area contributed by atoms with E-state index in [0.717, 1.165) is 44.2 Å². The number of carbonyl (C=O) groups is 2. The van der Waals surface area contributed by atoms with Crippen LogP contribution < -0.4 is 0 Å². The van der Waals surface area contributed by atoms with Gasteiger partial charge in [0.2, 0.25) is 0 Å². The van der Waals surface area contributed by atoms with Gasteiger partial charge in [0, 0.05) is 12.0 Å². The largest absolute Gasteiger partial charge is 0.393 e. The molecule has 0 amide bonds. The van der Waals surface area contributed by atoms with Crippen molar-refractivity contribution in [2.75, 3.05) is 0 Å². The molecule has 0 aromatic heterocycles.